The average molecular weight is 1880 g/mol. The maximum atomic E-state index is 14.8. The first-order valence-electron chi connectivity index (χ1n) is 43.7. The van der Waals surface area contributed by atoms with Crippen molar-refractivity contribution >= 4 is 118 Å². The summed E-state index contributed by atoms with van der Waals surface area (Å²) >= 11 is 0. The molecular formula is C89H125N19O26. The molecule has 1 heterocycles. The maximum Gasteiger partial charge on any atom is 0.326 e. The summed E-state index contributed by atoms with van der Waals surface area (Å²) in [6.07, 6.45) is -7.47. The number of hydrogen-bond donors (Lipinski definition) is 24. The Morgan fingerprint density at radius 2 is 0.694 bits per heavy atom. The fraction of sp³-hybridized carbons (Fsp3) is 0.506. The topological polar surface area (TPSA) is 753 Å². The third-order valence-corrected chi connectivity index (χ3v) is 21.6. The van der Waals surface area contributed by atoms with Crippen LogP contribution in [0.3, 0.4) is 0 Å². The molecule has 45 nitrogen and oxygen atoms in total. The number of phenolic OH excluding ortho intramolecular Hbond substituents is 2. The van der Waals surface area contributed by atoms with E-state index in [4.69, 9.17) is 28.7 Å². The zero-order valence-corrected chi connectivity index (χ0v) is 75.5. The van der Waals surface area contributed by atoms with E-state index in [1.807, 2.05) is 0 Å². The number of rotatable bonds is 57. The minimum absolute atomic E-state index is 0.00615. The van der Waals surface area contributed by atoms with Gasteiger partial charge in [-0.25, -0.2) is 4.79 Å². The normalized spacial score (nSPS) is 15.9. The number of primary amides is 3. The molecule has 0 aromatic heterocycles. The van der Waals surface area contributed by atoms with Crippen LogP contribution in [0.15, 0.2) is 109 Å². The molecule has 17 atom stereocenters. The first-order chi connectivity index (χ1) is 63.2. The van der Waals surface area contributed by atoms with Crippen LogP contribution in [0.2, 0.25) is 0 Å². The van der Waals surface area contributed by atoms with Gasteiger partial charge in [-0.05, 0) is 116 Å². The third-order valence-electron chi connectivity index (χ3n) is 21.6. The second kappa shape index (κ2) is 54.5. The van der Waals surface area contributed by atoms with Gasteiger partial charge in [-0.3, -0.25) is 91.1 Å². The minimum Gasteiger partial charge on any atom is -0.508 e. The molecule has 5 rings (SSSR count). The van der Waals surface area contributed by atoms with Crippen molar-refractivity contribution in [1.82, 2.24) is 74.0 Å². The Bertz CT molecular complexity index is 4760. The number of aromatic hydroxyl groups is 2. The standard InChI is InChI=1S/C89H125N19O26/c1-8-47(6)73(89(133)134)106-84(128)62(41-69(93)113)100-78(122)58(36-49-18-11-9-12-19-49)97-76(120)56(34-45(2)3)95-80(124)60(38-51-24-28-53(110)29-25-51)104-87(131)74(48(7)109)107-85(129)63(42-70(94)114)101-82(126)64(43-71(115)116)102-79(123)59(37-50-20-13-10-14-21-50)98-81(125)61(40-68(92)112)99-77(121)57(35-46(4)5)96-83(127)65(44-72(117)118)103-86(130)67-23-17-33-108(67)88(132)66(39-52-26-30-54(111)31-27-52)105-75(119)55(91)22-15-16-32-90/h9-14,18-21,24-31,45-48,55-67,73-74,109-111H,8,15-17,22-23,32-44,90-91H2,1-7H3,(H2,92,112)(H2,93,113)(H2,94,114)(H,95,124)(H,96,127)(H,97,120)(H,98,125)(H,99,121)(H,100,122)(H,101,126)(H,102,123)(H,103,130)(H,104,131)(H,105,119)(H,106,128)(H,107,129)(H,115,116)(H,117,118)(H,133,134)/t47-,48+,55-,56-,57-,58-,59-,60-,61-,62-,63-,64-,65-,66-,67-,73-,74-/m0/s1. The molecule has 4 aromatic carbocycles. The second-order valence-corrected chi connectivity index (χ2v) is 33.8. The SMILES string of the molecule is CC[C@H](C)[C@H](NC(=O)[C@H](CC(N)=O)NC(=O)[C@H](Cc1ccccc1)NC(=O)[C@H](CC(C)C)NC(=O)[C@H](Cc1ccc(O)cc1)NC(=O)[C@@H](NC(=O)[C@H](CC(N)=O)NC(=O)[C@H](CC(=O)O)NC(=O)[C@H](Cc1ccccc1)NC(=O)[C@H](CC(N)=O)NC(=O)[C@H](CC(C)C)NC(=O)[C@H](CC(=O)O)NC(=O)[C@@H]1CCCN1C(=O)[C@H](Cc1ccc(O)cc1)NC(=O)[C@@H](N)CCCCN)[C@@H](C)O)C(=O)O. The van der Waals surface area contributed by atoms with Crippen LogP contribution in [0.1, 0.15) is 154 Å². The van der Waals surface area contributed by atoms with E-state index in [-0.39, 0.29) is 74.1 Å². The van der Waals surface area contributed by atoms with Gasteiger partial charge in [0.2, 0.25) is 100 Å². The van der Waals surface area contributed by atoms with E-state index in [9.17, 15) is 127 Å². The van der Waals surface area contributed by atoms with Crippen LogP contribution in [-0.2, 0) is 122 Å². The molecule has 1 aliphatic heterocycles. The Labute approximate surface area is 772 Å². The molecule has 1 fully saturated rings. The van der Waals surface area contributed by atoms with Gasteiger partial charge in [-0.2, -0.15) is 0 Å². The van der Waals surface area contributed by atoms with Crippen LogP contribution in [0.4, 0.5) is 0 Å². The summed E-state index contributed by atoms with van der Waals surface area (Å²) < 4.78 is 0. The molecule has 4 aromatic rings. The predicted molar refractivity (Wildman–Crippen MR) is 478 cm³/mol. The number of carbonyl (C=O) groups excluding carboxylic acids is 17. The zero-order chi connectivity index (χ0) is 99.9. The van der Waals surface area contributed by atoms with Gasteiger partial charge in [0, 0.05) is 32.2 Å². The molecule has 17 amide bonds. The summed E-state index contributed by atoms with van der Waals surface area (Å²) in [4.78, 5) is 278. The van der Waals surface area contributed by atoms with Crippen molar-refractivity contribution in [3.8, 4) is 11.5 Å². The van der Waals surface area contributed by atoms with Gasteiger partial charge in [0.15, 0.2) is 0 Å². The quantitative estimate of drug-likeness (QED) is 0.0185. The van der Waals surface area contributed by atoms with Gasteiger partial charge in [0.1, 0.15) is 96.1 Å². The number of phenols is 2. The summed E-state index contributed by atoms with van der Waals surface area (Å²) in [5.41, 5.74) is 29.9. The highest BCUT2D eigenvalue weighted by Crippen LogP contribution is 2.23. The number of aliphatic hydroxyl groups excluding tert-OH is 1. The second-order valence-electron chi connectivity index (χ2n) is 33.8. The number of unbranched alkanes of at least 4 members (excludes halogenated alkanes) is 1. The van der Waals surface area contributed by atoms with Crippen molar-refractivity contribution in [2.75, 3.05) is 13.1 Å². The van der Waals surface area contributed by atoms with Gasteiger partial charge in [-0.1, -0.05) is 139 Å². The largest absolute Gasteiger partial charge is 0.508 e. The van der Waals surface area contributed by atoms with Crippen molar-refractivity contribution in [2.45, 2.75) is 254 Å². The number of aliphatic carboxylic acids is 3. The Hall–Kier alpha value is -14.2. The highest BCUT2D eigenvalue weighted by Gasteiger charge is 2.44. The number of benzene rings is 4. The monoisotopic (exact) mass is 1880 g/mol. The summed E-state index contributed by atoms with van der Waals surface area (Å²) in [5, 5.41) is 92.5. The summed E-state index contributed by atoms with van der Waals surface area (Å²) in [6.45, 7) is 11.0. The molecular weight excluding hydrogens is 1750 g/mol. The molecule has 0 bridgehead atoms. The van der Waals surface area contributed by atoms with Crippen molar-refractivity contribution in [3.63, 3.8) is 0 Å². The number of nitrogens with two attached hydrogens (primary N) is 5. The van der Waals surface area contributed by atoms with E-state index in [2.05, 4.69) is 69.1 Å². The fourth-order valence-electron chi connectivity index (χ4n) is 14.4. The lowest BCUT2D eigenvalue weighted by molar-refractivity contribution is -0.144. The van der Waals surface area contributed by atoms with E-state index >= 15 is 0 Å². The van der Waals surface area contributed by atoms with Crippen LogP contribution < -0.4 is 97.8 Å². The number of nitrogens with one attached hydrogen (secondary N) is 13. The smallest absolute Gasteiger partial charge is 0.326 e. The number of carboxylic acid groups (broad SMARTS) is 3. The average Bonchev–Trinajstić information content (AvgIpc) is 1.56. The zero-order valence-electron chi connectivity index (χ0n) is 75.5. The van der Waals surface area contributed by atoms with Gasteiger partial charge in [-0.15, -0.1) is 0 Å². The number of carboxylic acids is 3. The lowest BCUT2D eigenvalue weighted by Gasteiger charge is -2.30. The van der Waals surface area contributed by atoms with Crippen LogP contribution >= 0.6 is 0 Å². The van der Waals surface area contributed by atoms with E-state index in [0.29, 0.717) is 36.9 Å². The lowest BCUT2D eigenvalue weighted by atomic mass is 9.98. The predicted octanol–water partition coefficient (Wildman–Crippen LogP) is -4.70. The molecule has 29 N–H and O–H groups in total. The Kier molecular flexibility index (Phi) is 44.9. The first-order valence-corrected chi connectivity index (χ1v) is 43.7. The molecule has 0 radical (unpaired) electrons. The van der Waals surface area contributed by atoms with Crippen molar-refractivity contribution in [1.29, 1.82) is 0 Å². The minimum atomic E-state index is -2.28. The molecule has 1 aliphatic rings. The maximum absolute atomic E-state index is 14.8. The first kappa shape index (κ1) is 110. The van der Waals surface area contributed by atoms with Gasteiger partial charge >= 0.3 is 17.9 Å². The van der Waals surface area contributed by atoms with Crippen LogP contribution in [0.5, 0.6) is 11.5 Å². The highest BCUT2D eigenvalue weighted by molar-refractivity contribution is 6.03. The molecule has 45 heteroatoms. The highest BCUT2D eigenvalue weighted by atomic mass is 16.4. The number of aliphatic hydroxyl groups is 1. The summed E-state index contributed by atoms with van der Waals surface area (Å²) in [5.74, 6) is -26.7. The van der Waals surface area contributed by atoms with Gasteiger partial charge in [0.05, 0.1) is 44.2 Å². The summed E-state index contributed by atoms with van der Waals surface area (Å²) in [6, 6.07) is 0.216. The fourth-order valence-corrected chi connectivity index (χ4v) is 14.4. The number of carbonyl (C=O) groups is 20. The van der Waals surface area contributed by atoms with Gasteiger partial charge < -0.3 is 133 Å². The van der Waals surface area contributed by atoms with Crippen LogP contribution in [-0.4, -0.2) is 264 Å². The number of likely N-dealkylation sites (tertiary alicyclic amines) is 1. The Balaban J connectivity index is 1.39. The Morgan fingerprint density at radius 3 is 1.04 bits per heavy atom. The number of amides is 17. The van der Waals surface area contributed by atoms with Crippen molar-refractivity contribution in [3.05, 3.63) is 131 Å². The van der Waals surface area contributed by atoms with Crippen LogP contribution in [0, 0.1) is 17.8 Å². The third kappa shape index (κ3) is 37.6. The molecule has 134 heavy (non-hydrogen) atoms. The van der Waals surface area contributed by atoms with Crippen LogP contribution in [0.25, 0.3) is 0 Å². The molecule has 0 aliphatic carbocycles. The Morgan fingerprint density at radius 1 is 0.381 bits per heavy atom. The van der Waals surface area contributed by atoms with E-state index in [1.165, 1.54) is 72.8 Å². The lowest BCUT2D eigenvalue weighted by Crippen LogP contribution is -2.63. The molecule has 0 saturated carbocycles. The molecule has 732 valence electrons. The van der Waals surface area contributed by atoms with Crippen molar-refractivity contribution < 1.29 is 127 Å². The van der Waals surface area contributed by atoms with Gasteiger partial charge in [0.25, 0.3) is 0 Å². The molecule has 0 unspecified atom stereocenters. The number of hydrogen-bond acceptors (Lipinski definition) is 25. The van der Waals surface area contributed by atoms with Crippen molar-refractivity contribution in [2.24, 2.45) is 46.4 Å². The summed E-state index contributed by atoms with van der Waals surface area (Å²) in [7, 11) is 0. The molecule has 0 spiro atoms. The van der Waals surface area contributed by atoms with E-state index in [1.54, 1.807) is 77.9 Å². The van der Waals surface area contributed by atoms with E-state index in [0.717, 1.165) is 11.8 Å². The number of nitrogens with zero attached hydrogens (tertiary/aromatic N) is 1. The molecule has 1 saturated heterocycles. The van der Waals surface area contributed by atoms with E-state index < -0.39 is 278 Å².